The molecule has 3 aromatic rings. The molecule has 1 N–H and O–H groups in total. The number of nitrogens with zero attached hydrogens (tertiary/aromatic N) is 2. The van der Waals surface area contributed by atoms with Crippen LogP contribution in [0.15, 0.2) is 83.8 Å². The number of anilines is 1. The van der Waals surface area contributed by atoms with Crippen molar-refractivity contribution in [2.75, 3.05) is 17.4 Å². The number of aryl methyl sites for hydroxylation is 2. The van der Waals surface area contributed by atoms with Gasteiger partial charge in [0.25, 0.3) is 10.0 Å². The Hall–Kier alpha value is -3.65. The number of nitrogens with one attached hydrogen (secondary N) is 1. The summed E-state index contributed by atoms with van der Waals surface area (Å²) in [6.07, 6.45) is 6.20. The highest BCUT2D eigenvalue weighted by atomic mass is 32.2. The lowest BCUT2D eigenvalue weighted by atomic mass is 9.95. The molecule has 1 saturated carbocycles. The number of hydrogen-bond donors (Lipinski definition) is 1. The number of carbonyl (C=O) groups is 2. The summed E-state index contributed by atoms with van der Waals surface area (Å²) in [7, 11) is -4.08. The van der Waals surface area contributed by atoms with E-state index < -0.39 is 28.5 Å². The van der Waals surface area contributed by atoms with Crippen molar-refractivity contribution in [2.45, 2.75) is 82.7 Å². The second kappa shape index (κ2) is 14.5. The molecule has 2 amide bonds. The first-order chi connectivity index (χ1) is 20.2. The van der Waals surface area contributed by atoms with Crippen LogP contribution in [0.25, 0.3) is 0 Å². The van der Waals surface area contributed by atoms with Gasteiger partial charge in [0.05, 0.1) is 10.6 Å². The molecule has 1 fully saturated rings. The van der Waals surface area contributed by atoms with E-state index in [1.807, 2.05) is 63.2 Å². The van der Waals surface area contributed by atoms with Crippen LogP contribution in [-0.2, 0) is 26.0 Å². The van der Waals surface area contributed by atoms with Gasteiger partial charge in [0, 0.05) is 12.6 Å². The Labute approximate surface area is 251 Å². The van der Waals surface area contributed by atoms with E-state index in [2.05, 4.69) is 5.32 Å². The maximum Gasteiger partial charge on any atom is 0.264 e. The summed E-state index contributed by atoms with van der Waals surface area (Å²) in [6, 6.07) is 22.9. The Morgan fingerprint density at radius 2 is 1.55 bits per heavy atom. The zero-order valence-corrected chi connectivity index (χ0v) is 25.8. The highest BCUT2D eigenvalue weighted by Crippen LogP contribution is 2.28. The van der Waals surface area contributed by atoms with Crippen LogP contribution < -0.4 is 9.62 Å². The molecule has 0 saturated heterocycles. The maximum absolute atomic E-state index is 14.2. The predicted molar refractivity (Wildman–Crippen MR) is 168 cm³/mol. The number of sulfonamides is 1. The van der Waals surface area contributed by atoms with Gasteiger partial charge in [-0.15, -0.1) is 0 Å². The number of benzene rings is 3. The molecule has 8 heteroatoms. The van der Waals surface area contributed by atoms with Gasteiger partial charge in [-0.2, -0.15) is 0 Å². The number of carbonyl (C=O) groups excluding carboxylic acids is 2. The highest BCUT2D eigenvalue weighted by molar-refractivity contribution is 7.92. The lowest BCUT2D eigenvalue weighted by Gasteiger charge is -2.34. The molecule has 0 bridgehead atoms. The fourth-order valence-electron chi connectivity index (χ4n) is 5.76. The van der Waals surface area contributed by atoms with Gasteiger partial charge in [0.1, 0.15) is 12.6 Å². The molecule has 3 aromatic carbocycles. The smallest absolute Gasteiger partial charge is 0.264 e. The van der Waals surface area contributed by atoms with E-state index in [0.29, 0.717) is 25.1 Å². The molecule has 42 heavy (non-hydrogen) atoms. The van der Waals surface area contributed by atoms with E-state index in [9.17, 15) is 18.0 Å². The van der Waals surface area contributed by atoms with Crippen molar-refractivity contribution in [3.8, 4) is 0 Å². The van der Waals surface area contributed by atoms with Crippen molar-refractivity contribution in [1.82, 2.24) is 10.2 Å². The zero-order chi connectivity index (χ0) is 30.1. The molecule has 0 radical (unpaired) electrons. The first-order valence-electron chi connectivity index (χ1n) is 15.0. The molecule has 0 spiro atoms. The number of hydrogen-bond acceptors (Lipinski definition) is 4. The quantitative estimate of drug-likeness (QED) is 0.289. The molecular formula is C34H43N3O4S. The second-order valence-corrected chi connectivity index (χ2v) is 13.1. The van der Waals surface area contributed by atoms with Crippen LogP contribution in [0, 0.1) is 13.8 Å². The summed E-state index contributed by atoms with van der Waals surface area (Å²) in [6.45, 7) is 5.57. The van der Waals surface area contributed by atoms with Crippen LogP contribution in [0.3, 0.4) is 0 Å². The third-order valence-corrected chi connectivity index (χ3v) is 9.83. The molecule has 0 aliphatic heterocycles. The SMILES string of the molecule is CCC(C(=O)NC1CCCCC1)N(CCc1ccccc1)C(=O)CN(c1ccc(C)cc1C)S(=O)(=O)c1ccccc1. The number of amides is 2. The Morgan fingerprint density at radius 1 is 0.905 bits per heavy atom. The zero-order valence-electron chi connectivity index (χ0n) is 25.0. The molecule has 224 valence electrons. The maximum atomic E-state index is 14.2. The van der Waals surface area contributed by atoms with Crippen molar-refractivity contribution >= 4 is 27.5 Å². The van der Waals surface area contributed by atoms with Crippen molar-refractivity contribution in [2.24, 2.45) is 0 Å². The fraction of sp³-hybridized carbons (Fsp3) is 0.412. The minimum atomic E-state index is -4.08. The first-order valence-corrected chi connectivity index (χ1v) is 16.4. The summed E-state index contributed by atoms with van der Waals surface area (Å²) < 4.78 is 29.2. The second-order valence-electron chi connectivity index (χ2n) is 11.2. The largest absolute Gasteiger partial charge is 0.352 e. The van der Waals surface area contributed by atoms with Gasteiger partial charge in [-0.1, -0.05) is 92.4 Å². The van der Waals surface area contributed by atoms with E-state index in [1.165, 1.54) is 22.9 Å². The van der Waals surface area contributed by atoms with Gasteiger partial charge in [-0.3, -0.25) is 13.9 Å². The molecule has 0 aromatic heterocycles. The average molecular weight is 590 g/mol. The normalized spacial score (nSPS) is 14.6. The number of rotatable bonds is 12. The van der Waals surface area contributed by atoms with E-state index >= 15 is 0 Å². The Balaban J connectivity index is 1.68. The van der Waals surface area contributed by atoms with Crippen molar-refractivity contribution < 1.29 is 18.0 Å². The van der Waals surface area contributed by atoms with Crippen LogP contribution in [0.4, 0.5) is 5.69 Å². The first kappa shape index (κ1) is 31.3. The van der Waals surface area contributed by atoms with Gasteiger partial charge in [0.15, 0.2) is 0 Å². The monoisotopic (exact) mass is 589 g/mol. The van der Waals surface area contributed by atoms with E-state index in [-0.39, 0.29) is 16.8 Å². The lowest BCUT2D eigenvalue weighted by Crippen LogP contribution is -2.54. The Kier molecular flexibility index (Phi) is 10.8. The van der Waals surface area contributed by atoms with Crippen LogP contribution in [0.5, 0.6) is 0 Å². The summed E-state index contributed by atoms with van der Waals surface area (Å²) in [4.78, 5) is 29.6. The fourth-order valence-corrected chi connectivity index (χ4v) is 7.26. The van der Waals surface area contributed by atoms with E-state index in [1.54, 1.807) is 29.2 Å². The summed E-state index contributed by atoms with van der Waals surface area (Å²) in [5.41, 5.74) is 3.23. The molecule has 1 unspecified atom stereocenters. The average Bonchev–Trinajstić information content (AvgIpc) is 2.99. The summed E-state index contributed by atoms with van der Waals surface area (Å²) in [5.74, 6) is -0.578. The molecule has 0 heterocycles. The minimum Gasteiger partial charge on any atom is -0.352 e. The van der Waals surface area contributed by atoms with Crippen LogP contribution >= 0.6 is 0 Å². The third-order valence-electron chi connectivity index (χ3n) is 8.05. The van der Waals surface area contributed by atoms with E-state index in [0.717, 1.165) is 42.4 Å². The van der Waals surface area contributed by atoms with Crippen LogP contribution in [0.1, 0.15) is 62.1 Å². The summed E-state index contributed by atoms with van der Waals surface area (Å²) in [5, 5.41) is 3.20. The predicted octanol–water partition coefficient (Wildman–Crippen LogP) is 5.80. The van der Waals surface area contributed by atoms with Crippen molar-refractivity contribution in [3.63, 3.8) is 0 Å². The molecule has 7 nitrogen and oxygen atoms in total. The van der Waals surface area contributed by atoms with Crippen LogP contribution in [-0.4, -0.2) is 50.3 Å². The van der Waals surface area contributed by atoms with Gasteiger partial charge < -0.3 is 10.2 Å². The lowest BCUT2D eigenvalue weighted by molar-refractivity contribution is -0.140. The van der Waals surface area contributed by atoms with Crippen molar-refractivity contribution in [1.29, 1.82) is 0 Å². The molecule has 1 aliphatic rings. The standard InChI is InChI=1S/C34H43N3O4S/c1-4-31(34(39)35-29-16-10-6-11-17-29)36(23-22-28-14-8-5-9-15-28)33(38)25-37(32-21-20-26(2)24-27(32)3)42(40,41)30-18-12-7-13-19-30/h5,7-9,12-15,18-21,24,29,31H,4,6,10-11,16-17,22-23,25H2,1-3H3,(H,35,39). The Bertz CT molecular complexity index is 1440. The Morgan fingerprint density at radius 3 is 2.17 bits per heavy atom. The molecule has 4 rings (SSSR count). The van der Waals surface area contributed by atoms with Crippen LogP contribution in [0.2, 0.25) is 0 Å². The van der Waals surface area contributed by atoms with E-state index in [4.69, 9.17) is 0 Å². The molecular weight excluding hydrogens is 546 g/mol. The van der Waals surface area contributed by atoms with Gasteiger partial charge in [-0.05, 0) is 68.9 Å². The highest BCUT2D eigenvalue weighted by Gasteiger charge is 2.34. The van der Waals surface area contributed by atoms with Crippen molar-refractivity contribution in [3.05, 3.63) is 95.6 Å². The van der Waals surface area contributed by atoms with Gasteiger partial charge in [0.2, 0.25) is 11.8 Å². The van der Waals surface area contributed by atoms with Gasteiger partial charge in [-0.25, -0.2) is 8.42 Å². The molecule has 1 aliphatic carbocycles. The summed E-state index contributed by atoms with van der Waals surface area (Å²) >= 11 is 0. The minimum absolute atomic E-state index is 0.107. The topological polar surface area (TPSA) is 86.8 Å². The third kappa shape index (κ3) is 7.79. The van der Waals surface area contributed by atoms with Gasteiger partial charge >= 0.3 is 0 Å². The molecule has 1 atom stereocenters.